The van der Waals surface area contributed by atoms with Crippen molar-refractivity contribution in [2.24, 2.45) is 0 Å². The monoisotopic (exact) mass is 429 g/mol. The lowest BCUT2D eigenvalue weighted by Crippen LogP contribution is -2.47. The number of methoxy groups -OCH3 is 1. The Morgan fingerprint density at radius 2 is 1.90 bits per heavy atom. The Hall–Kier alpha value is -3.24. The molecule has 0 aliphatic carbocycles. The molecule has 0 radical (unpaired) electrons. The van der Waals surface area contributed by atoms with Crippen LogP contribution in [0.15, 0.2) is 47.5 Å². The zero-order chi connectivity index (χ0) is 21.1. The van der Waals surface area contributed by atoms with Gasteiger partial charge in [0, 0.05) is 26.2 Å². The lowest BCUT2D eigenvalue weighted by Gasteiger charge is -2.35. The maximum Gasteiger partial charge on any atom is 0.360 e. The van der Waals surface area contributed by atoms with Crippen LogP contribution >= 0.6 is 11.6 Å². The number of carbonyl (C=O) groups excluding carboxylic acids is 1. The third kappa shape index (κ3) is 4.05. The fraction of sp³-hybridized carbons (Fsp3) is 0.316. The van der Waals surface area contributed by atoms with E-state index in [9.17, 15) is 9.59 Å². The van der Waals surface area contributed by atoms with E-state index in [1.165, 1.54) is 11.8 Å². The molecule has 3 heterocycles. The minimum absolute atomic E-state index is 0.154. The van der Waals surface area contributed by atoms with Crippen molar-refractivity contribution in [2.75, 3.05) is 38.2 Å². The van der Waals surface area contributed by atoms with Crippen molar-refractivity contribution in [3.05, 3.63) is 63.8 Å². The van der Waals surface area contributed by atoms with Gasteiger partial charge >= 0.3 is 5.97 Å². The first-order valence-corrected chi connectivity index (χ1v) is 9.73. The number of ether oxygens (including phenoxy) is 1. The molecule has 2 aromatic heterocycles. The lowest BCUT2D eigenvalue weighted by atomic mass is 10.3. The first-order valence-electron chi connectivity index (χ1n) is 9.36. The Morgan fingerprint density at radius 1 is 1.17 bits per heavy atom. The van der Waals surface area contributed by atoms with Crippen LogP contribution in [0.4, 0.5) is 5.69 Å². The fourth-order valence-electron chi connectivity index (χ4n) is 3.30. The van der Waals surface area contributed by atoms with Crippen molar-refractivity contribution in [1.82, 2.24) is 29.7 Å². The van der Waals surface area contributed by atoms with E-state index < -0.39 is 5.97 Å². The molecular weight excluding hydrogens is 410 g/mol. The van der Waals surface area contributed by atoms with Gasteiger partial charge in [-0.3, -0.25) is 9.69 Å². The highest BCUT2D eigenvalue weighted by molar-refractivity contribution is 6.33. The number of benzene rings is 1. The fourth-order valence-corrected chi connectivity index (χ4v) is 3.55. The highest BCUT2D eigenvalue weighted by Crippen LogP contribution is 2.23. The average Bonchev–Trinajstić information content (AvgIpc) is 3.25. The number of piperazine rings is 1. The van der Waals surface area contributed by atoms with E-state index in [4.69, 9.17) is 11.6 Å². The van der Waals surface area contributed by atoms with Gasteiger partial charge in [-0.25, -0.2) is 9.48 Å². The number of nitrogens with zero attached hydrogens (tertiary/aromatic N) is 7. The SMILES string of the molecule is COC(=O)c1cn(CN2CCN(c3cnn(-c4ccccc4)c(=O)c3Cl)CC2)nn1. The van der Waals surface area contributed by atoms with E-state index in [-0.39, 0.29) is 16.3 Å². The molecule has 1 saturated heterocycles. The number of carbonyl (C=O) groups is 1. The molecule has 1 fully saturated rings. The standard InChI is InChI=1S/C19H20ClN7O3/c1-30-19(29)15-12-26(23-22-15)13-24-7-9-25(10-8-24)16-11-21-27(18(28)17(16)20)14-5-3-2-4-6-14/h2-6,11-12H,7-10,13H2,1H3. The zero-order valence-electron chi connectivity index (χ0n) is 16.3. The number of para-hydroxylation sites is 1. The van der Waals surface area contributed by atoms with Crippen LogP contribution in [0, 0.1) is 0 Å². The summed E-state index contributed by atoms with van der Waals surface area (Å²) in [6.45, 7) is 3.31. The third-order valence-corrected chi connectivity index (χ3v) is 5.25. The third-order valence-electron chi connectivity index (χ3n) is 4.89. The Balaban J connectivity index is 1.42. The number of anilines is 1. The summed E-state index contributed by atoms with van der Waals surface area (Å²) in [5.74, 6) is -0.515. The number of esters is 1. The molecule has 0 atom stereocenters. The molecule has 0 amide bonds. The molecule has 10 nitrogen and oxygen atoms in total. The number of hydrogen-bond donors (Lipinski definition) is 0. The molecule has 3 aromatic rings. The summed E-state index contributed by atoms with van der Waals surface area (Å²) >= 11 is 6.40. The number of aromatic nitrogens is 5. The highest BCUT2D eigenvalue weighted by atomic mass is 35.5. The Kier molecular flexibility index (Phi) is 5.77. The van der Waals surface area contributed by atoms with Gasteiger partial charge in [0.25, 0.3) is 5.56 Å². The van der Waals surface area contributed by atoms with Gasteiger partial charge in [-0.05, 0) is 12.1 Å². The molecule has 30 heavy (non-hydrogen) atoms. The quantitative estimate of drug-likeness (QED) is 0.555. The van der Waals surface area contributed by atoms with Crippen LogP contribution in [0.25, 0.3) is 5.69 Å². The molecule has 1 aliphatic heterocycles. The zero-order valence-corrected chi connectivity index (χ0v) is 17.1. The Morgan fingerprint density at radius 3 is 2.60 bits per heavy atom. The summed E-state index contributed by atoms with van der Waals surface area (Å²) in [5.41, 5.74) is 1.12. The molecule has 156 valence electrons. The Bertz CT molecular complexity index is 1090. The van der Waals surface area contributed by atoms with E-state index in [2.05, 4.69) is 25.0 Å². The molecule has 4 rings (SSSR count). The summed E-state index contributed by atoms with van der Waals surface area (Å²) in [6.07, 6.45) is 3.19. The van der Waals surface area contributed by atoms with Gasteiger partial charge in [0.2, 0.25) is 0 Å². The number of hydrogen-bond acceptors (Lipinski definition) is 8. The Labute approximate surface area is 177 Å². The van der Waals surface area contributed by atoms with Gasteiger partial charge in [0.05, 0.1) is 37.5 Å². The molecule has 0 spiro atoms. The van der Waals surface area contributed by atoms with Gasteiger partial charge < -0.3 is 9.64 Å². The summed E-state index contributed by atoms with van der Waals surface area (Å²) in [6, 6.07) is 9.17. The van der Waals surface area contributed by atoms with E-state index in [0.717, 1.165) is 13.1 Å². The minimum Gasteiger partial charge on any atom is -0.464 e. The van der Waals surface area contributed by atoms with Crippen molar-refractivity contribution >= 4 is 23.3 Å². The van der Waals surface area contributed by atoms with Gasteiger partial charge in [0.1, 0.15) is 5.02 Å². The summed E-state index contributed by atoms with van der Waals surface area (Å²) in [4.78, 5) is 28.4. The van der Waals surface area contributed by atoms with Gasteiger partial charge in [0.15, 0.2) is 5.69 Å². The second kappa shape index (κ2) is 8.64. The van der Waals surface area contributed by atoms with Crippen LogP contribution in [0.5, 0.6) is 0 Å². The largest absolute Gasteiger partial charge is 0.464 e. The van der Waals surface area contributed by atoms with Gasteiger partial charge in [-0.1, -0.05) is 35.0 Å². The predicted octanol–water partition coefficient (Wildman–Crippen LogP) is 1.04. The van der Waals surface area contributed by atoms with E-state index in [1.807, 2.05) is 23.1 Å². The maximum absolute atomic E-state index is 12.7. The highest BCUT2D eigenvalue weighted by Gasteiger charge is 2.22. The minimum atomic E-state index is -0.515. The molecule has 0 saturated carbocycles. The molecule has 0 N–H and O–H groups in total. The summed E-state index contributed by atoms with van der Waals surface area (Å²) in [5, 5.41) is 12.2. The van der Waals surface area contributed by atoms with Crippen molar-refractivity contribution in [3.8, 4) is 5.69 Å². The van der Waals surface area contributed by atoms with E-state index >= 15 is 0 Å². The number of rotatable bonds is 5. The van der Waals surface area contributed by atoms with Crippen molar-refractivity contribution in [2.45, 2.75) is 6.67 Å². The van der Waals surface area contributed by atoms with Crippen molar-refractivity contribution in [3.63, 3.8) is 0 Å². The average molecular weight is 430 g/mol. The molecular formula is C19H20ClN7O3. The topological polar surface area (TPSA) is 98.4 Å². The van der Waals surface area contributed by atoms with Crippen LogP contribution in [0.2, 0.25) is 5.02 Å². The normalized spacial score (nSPS) is 14.7. The van der Waals surface area contributed by atoms with Crippen molar-refractivity contribution in [1.29, 1.82) is 0 Å². The second-order valence-corrected chi connectivity index (χ2v) is 7.16. The molecule has 1 aliphatic rings. The van der Waals surface area contributed by atoms with Crippen LogP contribution in [-0.2, 0) is 11.4 Å². The van der Waals surface area contributed by atoms with Gasteiger partial charge in [-0.2, -0.15) is 9.78 Å². The number of halogens is 1. The molecule has 11 heteroatoms. The van der Waals surface area contributed by atoms with E-state index in [1.54, 1.807) is 29.2 Å². The smallest absolute Gasteiger partial charge is 0.360 e. The summed E-state index contributed by atoms with van der Waals surface area (Å²) < 4.78 is 7.53. The van der Waals surface area contributed by atoms with Crippen LogP contribution < -0.4 is 10.5 Å². The van der Waals surface area contributed by atoms with Crippen LogP contribution in [-0.4, -0.2) is 68.9 Å². The lowest BCUT2D eigenvalue weighted by molar-refractivity contribution is 0.0594. The first kappa shape index (κ1) is 20.0. The first-order chi connectivity index (χ1) is 14.6. The molecule has 1 aromatic carbocycles. The van der Waals surface area contributed by atoms with E-state index in [0.29, 0.717) is 31.1 Å². The summed E-state index contributed by atoms with van der Waals surface area (Å²) in [7, 11) is 1.30. The van der Waals surface area contributed by atoms with Gasteiger partial charge in [-0.15, -0.1) is 5.10 Å². The van der Waals surface area contributed by atoms with Crippen LogP contribution in [0.1, 0.15) is 10.5 Å². The predicted molar refractivity (Wildman–Crippen MR) is 110 cm³/mol. The maximum atomic E-state index is 12.7. The van der Waals surface area contributed by atoms with Crippen LogP contribution in [0.3, 0.4) is 0 Å². The molecule has 0 bridgehead atoms. The molecule has 0 unspecified atom stereocenters. The van der Waals surface area contributed by atoms with Crippen molar-refractivity contribution < 1.29 is 9.53 Å². The second-order valence-electron chi connectivity index (χ2n) is 6.78.